The summed E-state index contributed by atoms with van der Waals surface area (Å²) in [5, 5.41) is 2.75. The lowest BCUT2D eigenvalue weighted by molar-refractivity contribution is -0.124. The first-order chi connectivity index (χ1) is 11.4. The molecule has 1 aliphatic rings. The van der Waals surface area contributed by atoms with Gasteiger partial charge in [-0.25, -0.2) is 4.68 Å². The third-order valence-electron chi connectivity index (χ3n) is 3.73. The lowest BCUT2D eigenvalue weighted by Gasteiger charge is -2.07. The van der Waals surface area contributed by atoms with Crippen LogP contribution in [-0.2, 0) is 16.6 Å². The molecule has 1 fully saturated rings. The minimum absolute atomic E-state index is 0.0825. The van der Waals surface area contributed by atoms with E-state index in [0.717, 1.165) is 0 Å². The molecule has 1 aliphatic heterocycles. The predicted octanol–water partition coefficient (Wildman–Crippen LogP) is 0.775. The van der Waals surface area contributed by atoms with Crippen molar-refractivity contribution in [2.75, 3.05) is 5.32 Å². The Morgan fingerprint density at radius 3 is 2.46 bits per heavy atom. The van der Waals surface area contributed by atoms with Crippen molar-refractivity contribution in [1.82, 2.24) is 14.7 Å². The highest BCUT2D eigenvalue weighted by Crippen LogP contribution is 2.21. The van der Waals surface area contributed by atoms with Crippen molar-refractivity contribution >= 4 is 34.5 Å². The van der Waals surface area contributed by atoms with Gasteiger partial charge < -0.3 is 5.32 Å². The summed E-state index contributed by atoms with van der Waals surface area (Å²) in [6, 6.07) is 8.97. The summed E-state index contributed by atoms with van der Waals surface area (Å²) in [6.07, 6.45) is 0. The van der Waals surface area contributed by atoms with Crippen molar-refractivity contribution in [3.05, 3.63) is 46.4 Å². The van der Waals surface area contributed by atoms with Crippen LogP contribution in [0, 0.1) is 6.92 Å². The van der Waals surface area contributed by atoms with Crippen molar-refractivity contribution in [3.63, 3.8) is 0 Å². The number of carbonyl (C=O) groups excluding carboxylic acids is 3. The van der Waals surface area contributed by atoms with Crippen LogP contribution in [0.3, 0.4) is 0 Å². The Kier molecular flexibility index (Phi) is 4.02. The van der Waals surface area contributed by atoms with Crippen LogP contribution >= 0.6 is 11.8 Å². The molecule has 1 aromatic heterocycles. The molecule has 0 aliphatic carbocycles. The number of nitrogens with zero attached hydrogens (tertiary/aromatic N) is 2. The predicted molar refractivity (Wildman–Crippen MR) is 89.3 cm³/mol. The number of imide groups is 1. The summed E-state index contributed by atoms with van der Waals surface area (Å²) < 4.78 is 3.03. The van der Waals surface area contributed by atoms with Crippen molar-refractivity contribution in [3.8, 4) is 5.69 Å². The number of benzene rings is 1. The molecule has 0 saturated carbocycles. The van der Waals surface area contributed by atoms with Gasteiger partial charge in [0.1, 0.15) is 5.69 Å². The second-order valence-corrected chi connectivity index (χ2v) is 6.28. The molecule has 0 bridgehead atoms. The highest BCUT2D eigenvalue weighted by atomic mass is 32.2. The van der Waals surface area contributed by atoms with E-state index in [9.17, 15) is 19.2 Å². The number of rotatable bonds is 3. The second kappa shape index (κ2) is 6.00. The molecule has 1 atom stereocenters. The zero-order valence-electron chi connectivity index (χ0n) is 12.9. The molecular weight excluding hydrogens is 332 g/mol. The first-order valence-corrected chi connectivity index (χ1v) is 7.94. The van der Waals surface area contributed by atoms with E-state index in [-0.39, 0.29) is 5.69 Å². The van der Waals surface area contributed by atoms with Crippen LogP contribution in [0.1, 0.15) is 5.69 Å². The highest BCUT2D eigenvalue weighted by Gasteiger charge is 2.38. The molecule has 0 radical (unpaired) electrons. The zero-order valence-corrected chi connectivity index (χ0v) is 13.7. The van der Waals surface area contributed by atoms with Gasteiger partial charge >= 0.3 is 0 Å². The number of hydrogen-bond donors (Lipinski definition) is 2. The van der Waals surface area contributed by atoms with E-state index >= 15 is 0 Å². The van der Waals surface area contributed by atoms with Crippen LogP contribution in [0.15, 0.2) is 35.1 Å². The van der Waals surface area contributed by atoms with Gasteiger partial charge in [0.05, 0.1) is 11.4 Å². The van der Waals surface area contributed by atoms with Crippen LogP contribution in [0.25, 0.3) is 5.69 Å². The van der Waals surface area contributed by atoms with Gasteiger partial charge in [-0.05, 0) is 30.8 Å². The first-order valence-electron chi connectivity index (χ1n) is 7.06. The largest absolute Gasteiger partial charge is 0.318 e. The van der Waals surface area contributed by atoms with E-state index in [1.807, 2.05) is 11.4 Å². The molecule has 2 aromatic rings. The van der Waals surface area contributed by atoms with Crippen molar-refractivity contribution in [2.45, 2.75) is 12.2 Å². The maximum Gasteiger partial charge on any atom is 0.295 e. The lowest BCUT2D eigenvalue weighted by Crippen LogP contribution is -2.35. The number of thioether (sulfide) groups is 1. The molecule has 0 spiro atoms. The number of nitrogens with one attached hydrogen (secondary N) is 2. The smallest absolute Gasteiger partial charge is 0.295 e. The van der Waals surface area contributed by atoms with Gasteiger partial charge in [-0.15, -0.1) is 0 Å². The van der Waals surface area contributed by atoms with Crippen molar-refractivity contribution in [2.24, 2.45) is 7.05 Å². The van der Waals surface area contributed by atoms with Gasteiger partial charge in [-0.1, -0.05) is 18.2 Å². The molecule has 9 heteroatoms. The fourth-order valence-electron chi connectivity index (χ4n) is 2.43. The molecule has 24 heavy (non-hydrogen) atoms. The fraction of sp³-hybridized carbons (Fsp3) is 0.200. The molecule has 3 amide bonds. The molecule has 1 saturated heterocycles. The number of hydrogen-bond acceptors (Lipinski definition) is 5. The van der Waals surface area contributed by atoms with Crippen molar-refractivity contribution in [1.29, 1.82) is 0 Å². The molecule has 8 nitrogen and oxygen atoms in total. The molecule has 2 N–H and O–H groups in total. The summed E-state index contributed by atoms with van der Waals surface area (Å²) in [7, 11) is 1.69. The summed E-state index contributed by atoms with van der Waals surface area (Å²) in [4.78, 5) is 47.6. The Balaban J connectivity index is 1.95. The highest BCUT2D eigenvalue weighted by molar-refractivity contribution is 8.16. The van der Waals surface area contributed by atoms with Crippen LogP contribution in [0.5, 0.6) is 0 Å². The first kappa shape index (κ1) is 16.1. The molecule has 2 heterocycles. The summed E-state index contributed by atoms with van der Waals surface area (Å²) >= 11 is 0.593. The van der Waals surface area contributed by atoms with Gasteiger partial charge in [-0.3, -0.25) is 29.2 Å². The Morgan fingerprint density at radius 1 is 1.21 bits per heavy atom. The third kappa shape index (κ3) is 2.62. The van der Waals surface area contributed by atoms with Gasteiger partial charge in [0.15, 0.2) is 5.25 Å². The topological polar surface area (TPSA) is 102 Å². The third-order valence-corrected chi connectivity index (χ3v) is 4.71. The van der Waals surface area contributed by atoms with E-state index in [2.05, 4.69) is 5.32 Å². The van der Waals surface area contributed by atoms with Crippen LogP contribution < -0.4 is 16.2 Å². The minimum Gasteiger partial charge on any atom is -0.318 e. The summed E-state index contributed by atoms with van der Waals surface area (Å²) in [5.41, 5.74) is 0.854. The van der Waals surface area contributed by atoms with E-state index in [0.29, 0.717) is 23.1 Å². The summed E-state index contributed by atoms with van der Waals surface area (Å²) in [6.45, 7) is 1.68. The van der Waals surface area contributed by atoms with Gasteiger partial charge in [0.25, 0.3) is 16.7 Å². The second-order valence-electron chi connectivity index (χ2n) is 5.20. The zero-order chi connectivity index (χ0) is 17.4. The number of amides is 3. The van der Waals surface area contributed by atoms with Gasteiger partial charge in [0, 0.05) is 7.05 Å². The van der Waals surface area contributed by atoms with E-state index in [4.69, 9.17) is 0 Å². The Morgan fingerprint density at radius 2 is 1.88 bits per heavy atom. The fourth-order valence-corrected chi connectivity index (χ4v) is 3.14. The SMILES string of the molecule is Cc1c(NC(=O)C2SC(=O)NC2=O)c(=O)n(-c2ccccc2)n1C. The standard InChI is InChI=1S/C15H14N4O4S/c1-8-10(16-12(20)11-13(21)17-15(23)24-11)14(22)19(18(8)2)9-6-4-3-5-7-9/h3-7,11H,1-2H3,(H,16,20)(H,17,21,23). The Bertz CT molecular complexity index is 900. The van der Waals surface area contributed by atoms with E-state index in [1.165, 1.54) is 4.68 Å². The van der Waals surface area contributed by atoms with E-state index in [1.54, 1.807) is 42.9 Å². The maximum atomic E-state index is 12.7. The normalized spacial score (nSPS) is 17.0. The molecule has 124 valence electrons. The number of aromatic nitrogens is 2. The molecule has 3 rings (SSSR count). The molecular formula is C15H14N4O4S. The van der Waals surface area contributed by atoms with Crippen LogP contribution in [0.2, 0.25) is 0 Å². The Labute approximate surface area is 140 Å². The Hall–Kier alpha value is -2.81. The van der Waals surface area contributed by atoms with Crippen LogP contribution in [-0.4, -0.2) is 31.7 Å². The average Bonchev–Trinajstić information content (AvgIpc) is 3.00. The summed E-state index contributed by atoms with van der Waals surface area (Å²) in [5.74, 6) is -1.38. The quantitative estimate of drug-likeness (QED) is 0.800. The maximum absolute atomic E-state index is 12.7. The number of carbonyl (C=O) groups is 3. The van der Waals surface area contributed by atoms with E-state index < -0.39 is 27.9 Å². The average molecular weight is 346 g/mol. The van der Waals surface area contributed by atoms with Crippen molar-refractivity contribution < 1.29 is 14.4 Å². The number of anilines is 1. The van der Waals surface area contributed by atoms with Gasteiger partial charge in [-0.2, -0.15) is 0 Å². The minimum atomic E-state index is -1.19. The van der Waals surface area contributed by atoms with Gasteiger partial charge in [0.2, 0.25) is 5.91 Å². The number of para-hydroxylation sites is 1. The lowest BCUT2D eigenvalue weighted by atomic mass is 10.3. The monoisotopic (exact) mass is 346 g/mol. The molecule has 1 unspecified atom stereocenters. The molecule has 1 aromatic carbocycles. The van der Waals surface area contributed by atoms with Crippen LogP contribution in [0.4, 0.5) is 10.5 Å².